The van der Waals surface area contributed by atoms with E-state index in [1.54, 1.807) is 24.3 Å². The van der Waals surface area contributed by atoms with Crippen molar-refractivity contribution in [2.24, 2.45) is 10.2 Å². The van der Waals surface area contributed by atoms with Crippen molar-refractivity contribution in [2.75, 3.05) is 18.0 Å². The van der Waals surface area contributed by atoms with Gasteiger partial charge in [-0.25, -0.2) is 8.42 Å². The Labute approximate surface area is 143 Å². The maximum atomic E-state index is 12.0. The van der Waals surface area contributed by atoms with Gasteiger partial charge in [-0.05, 0) is 67.3 Å². The molecular weight excluding hydrogens is 322 g/mol. The van der Waals surface area contributed by atoms with Gasteiger partial charge in [0.05, 0.1) is 22.9 Å². The maximum absolute atomic E-state index is 12.0. The van der Waals surface area contributed by atoms with Crippen LogP contribution in [0.25, 0.3) is 0 Å². The van der Waals surface area contributed by atoms with Crippen LogP contribution in [0.15, 0.2) is 57.6 Å². The molecule has 0 aliphatic carbocycles. The van der Waals surface area contributed by atoms with Crippen LogP contribution in [0.2, 0.25) is 0 Å². The smallest absolute Gasteiger partial charge is 0.178 e. The van der Waals surface area contributed by atoms with E-state index in [4.69, 9.17) is 5.73 Å². The van der Waals surface area contributed by atoms with Crippen molar-refractivity contribution in [1.29, 1.82) is 0 Å². The van der Waals surface area contributed by atoms with Crippen LogP contribution in [0.4, 0.5) is 11.4 Å². The Morgan fingerprint density at radius 3 is 2.42 bits per heavy atom. The number of hydrogen-bond donors (Lipinski definition) is 1. The van der Waals surface area contributed by atoms with Crippen LogP contribution in [0, 0.1) is 6.92 Å². The number of nitrogens with zero attached hydrogens (tertiary/aromatic N) is 2. The highest BCUT2D eigenvalue weighted by Gasteiger charge is 2.12. The molecule has 0 aromatic heterocycles. The molecular formula is C18H23N3O2S. The topological polar surface area (TPSA) is 84.9 Å². The second-order valence-electron chi connectivity index (χ2n) is 5.71. The number of rotatable bonds is 7. The van der Waals surface area contributed by atoms with Crippen molar-refractivity contribution in [1.82, 2.24) is 0 Å². The van der Waals surface area contributed by atoms with Crippen LogP contribution in [-0.2, 0) is 16.3 Å². The zero-order chi connectivity index (χ0) is 17.6. The summed E-state index contributed by atoms with van der Waals surface area (Å²) in [6.07, 6.45) is 1.40. The Kier molecular flexibility index (Phi) is 6.09. The molecule has 0 bridgehead atoms. The average molecular weight is 345 g/mol. The molecule has 0 unspecified atom stereocenters. The van der Waals surface area contributed by atoms with E-state index in [-0.39, 0.29) is 5.75 Å². The molecule has 0 saturated heterocycles. The maximum Gasteiger partial charge on any atom is 0.178 e. The number of benzene rings is 2. The molecule has 128 valence electrons. The van der Waals surface area contributed by atoms with Crippen LogP contribution in [0.1, 0.15) is 24.5 Å². The molecule has 0 atom stereocenters. The van der Waals surface area contributed by atoms with E-state index in [9.17, 15) is 8.42 Å². The molecule has 0 aliphatic rings. The van der Waals surface area contributed by atoms with Gasteiger partial charge in [0.15, 0.2) is 9.84 Å². The van der Waals surface area contributed by atoms with E-state index < -0.39 is 9.84 Å². The highest BCUT2D eigenvalue weighted by molar-refractivity contribution is 7.91. The summed E-state index contributed by atoms with van der Waals surface area (Å²) in [5.74, 6) is 0.162. The fourth-order valence-electron chi connectivity index (χ4n) is 2.41. The molecule has 0 heterocycles. The van der Waals surface area contributed by atoms with Crippen LogP contribution in [0.5, 0.6) is 0 Å². The molecule has 2 N–H and O–H groups in total. The summed E-state index contributed by atoms with van der Waals surface area (Å²) in [6.45, 7) is 4.45. The summed E-state index contributed by atoms with van der Waals surface area (Å²) in [7, 11) is -3.18. The first kappa shape index (κ1) is 18.1. The summed E-state index contributed by atoms with van der Waals surface area (Å²) in [6, 6.07) is 12.4. The lowest BCUT2D eigenvalue weighted by molar-refractivity contribution is 0.594. The predicted octanol–water partition coefficient (Wildman–Crippen LogP) is 4.09. The minimum atomic E-state index is -3.18. The molecule has 0 aliphatic heterocycles. The molecule has 6 heteroatoms. The molecule has 24 heavy (non-hydrogen) atoms. The van der Waals surface area contributed by atoms with Crippen LogP contribution in [-0.4, -0.2) is 20.7 Å². The molecule has 5 nitrogen and oxygen atoms in total. The lowest BCUT2D eigenvalue weighted by atomic mass is 10.1. The number of sulfone groups is 1. The summed E-state index contributed by atoms with van der Waals surface area (Å²) in [5.41, 5.74) is 9.49. The Morgan fingerprint density at radius 2 is 1.79 bits per heavy atom. The highest BCUT2D eigenvalue weighted by Crippen LogP contribution is 2.19. The van der Waals surface area contributed by atoms with Gasteiger partial charge >= 0.3 is 0 Å². The predicted molar refractivity (Wildman–Crippen MR) is 97.5 cm³/mol. The Balaban J connectivity index is 1.95. The third-order valence-corrected chi connectivity index (χ3v) is 5.64. The monoisotopic (exact) mass is 345 g/mol. The van der Waals surface area contributed by atoms with Gasteiger partial charge in [0.2, 0.25) is 0 Å². The minimum absolute atomic E-state index is 0.162. The first-order chi connectivity index (χ1) is 11.4. The van der Waals surface area contributed by atoms with Crippen molar-refractivity contribution in [3.05, 3.63) is 53.6 Å². The van der Waals surface area contributed by atoms with Gasteiger partial charge < -0.3 is 5.73 Å². The molecule has 2 aromatic rings. The first-order valence-corrected chi connectivity index (χ1v) is 9.63. The van der Waals surface area contributed by atoms with Gasteiger partial charge in [0, 0.05) is 5.69 Å². The number of hydrogen-bond acceptors (Lipinski definition) is 5. The fourth-order valence-corrected chi connectivity index (χ4v) is 3.73. The van der Waals surface area contributed by atoms with Gasteiger partial charge in [-0.3, -0.25) is 0 Å². The van der Waals surface area contributed by atoms with Crippen molar-refractivity contribution >= 4 is 21.2 Å². The van der Waals surface area contributed by atoms with Gasteiger partial charge in [-0.2, -0.15) is 10.2 Å². The normalized spacial score (nSPS) is 11.9. The summed E-state index contributed by atoms with van der Waals surface area (Å²) >= 11 is 0. The number of azo groups is 1. The molecule has 0 fully saturated rings. The molecule has 0 amide bonds. The van der Waals surface area contributed by atoms with E-state index >= 15 is 0 Å². The van der Waals surface area contributed by atoms with Crippen LogP contribution < -0.4 is 5.73 Å². The molecule has 0 radical (unpaired) electrons. The van der Waals surface area contributed by atoms with Gasteiger partial charge in [-0.15, -0.1) is 0 Å². The van der Waals surface area contributed by atoms with Crippen molar-refractivity contribution in [2.45, 2.75) is 31.6 Å². The standard InChI is InChI=1S/C18H23N3O2S/c1-3-12-24(22,23)18-8-6-17(7-9-18)21-20-11-10-15-4-5-16(19)13-14(15)2/h4-9,13H,3,10-12,19H2,1-2H3. The van der Waals surface area contributed by atoms with Crippen molar-refractivity contribution in [3.8, 4) is 0 Å². The van der Waals surface area contributed by atoms with E-state index in [1.807, 2.05) is 32.0 Å². The first-order valence-electron chi connectivity index (χ1n) is 7.97. The van der Waals surface area contributed by atoms with Crippen LogP contribution >= 0.6 is 0 Å². The zero-order valence-electron chi connectivity index (χ0n) is 14.1. The number of anilines is 1. The van der Waals surface area contributed by atoms with E-state index in [2.05, 4.69) is 10.2 Å². The number of nitrogens with two attached hydrogens (primary N) is 1. The summed E-state index contributed by atoms with van der Waals surface area (Å²) < 4.78 is 23.9. The summed E-state index contributed by atoms with van der Waals surface area (Å²) in [5, 5.41) is 8.32. The highest BCUT2D eigenvalue weighted by atomic mass is 32.2. The Morgan fingerprint density at radius 1 is 1.08 bits per heavy atom. The van der Waals surface area contributed by atoms with Gasteiger partial charge in [0.25, 0.3) is 0 Å². The van der Waals surface area contributed by atoms with E-state index in [0.29, 0.717) is 23.5 Å². The van der Waals surface area contributed by atoms with E-state index in [0.717, 1.165) is 17.7 Å². The summed E-state index contributed by atoms with van der Waals surface area (Å²) in [4.78, 5) is 0.334. The zero-order valence-corrected chi connectivity index (χ0v) is 14.9. The minimum Gasteiger partial charge on any atom is -0.399 e. The number of aryl methyl sites for hydroxylation is 1. The lowest BCUT2D eigenvalue weighted by Gasteiger charge is -2.04. The third-order valence-electron chi connectivity index (χ3n) is 3.70. The van der Waals surface area contributed by atoms with E-state index in [1.165, 1.54) is 5.56 Å². The molecule has 0 saturated carbocycles. The molecule has 0 spiro atoms. The van der Waals surface area contributed by atoms with Crippen LogP contribution in [0.3, 0.4) is 0 Å². The van der Waals surface area contributed by atoms with Gasteiger partial charge in [0.1, 0.15) is 0 Å². The number of nitrogen functional groups attached to an aromatic ring is 1. The quantitative estimate of drug-likeness (QED) is 0.606. The van der Waals surface area contributed by atoms with Gasteiger partial charge in [-0.1, -0.05) is 13.0 Å². The van der Waals surface area contributed by atoms with Crippen molar-refractivity contribution in [3.63, 3.8) is 0 Å². The largest absolute Gasteiger partial charge is 0.399 e. The average Bonchev–Trinajstić information content (AvgIpc) is 2.53. The third kappa shape index (κ3) is 4.89. The van der Waals surface area contributed by atoms with Crippen molar-refractivity contribution < 1.29 is 8.42 Å². The lowest BCUT2D eigenvalue weighted by Crippen LogP contribution is -2.05. The fraction of sp³-hybridized carbons (Fsp3) is 0.333. The Hall–Kier alpha value is -2.21. The molecule has 2 aromatic carbocycles. The SMILES string of the molecule is CCCS(=O)(=O)c1ccc(N=NCCc2ccc(N)cc2C)cc1. The Bertz CT molecular complexity index is 813. The molecule has 2 rings (SSSR count). The second kappa shape index (κ2) is 8.06. The second-order valence-corrected chi connectivity index (χ2v) is 7.82.